The summed E-state index contributed by atoms with van der Waals surface area (Å²) in [5.74, 6) is -1.62. The molecular weight excluding hydrogens is 258 g/mol. The average molecular weight is 268 g/mol. The summed E-state index contributed by atoms with van der Waals surface area (Å²) in [6, 6.07) is 2.75. The van der Waals surface area contributed by atoms with Gasteiger partial charge in [0.15, 0.2) is 5.11 Å². The van der Waals surface area contributed by atoms with E-state index in [0.717, 1.165) is 37.6 Å². The number of carbonyl (C=O) groups excluding carboxylic acids is 1. The Balaban J connectivity index is 2.02. The molecule has 94 valence electrons. The molecule has 0 saturated carbocycles. The number of rotatable bonds is 1. The number of benzene rings is 1. The minimum Gasteiger partial charge on any atom is -0.336 e. The van der Waals surface area contributed by atoms with Gasteiger partial charge >= 0.3 is 0 Å². The predicted octanol–water partition coefficient (Wildman–Crippen LogP) is 2.06. The zero-order chi connectivity index (χ0) is 12.9. The molecule has 2 aliphatic heterocycles. The molecule has 1 unspecified atom stereocenters. The predicted molar refractivity (Wildman–Crippen MR) is 66.2 cm³/mol. The molecule has 2 fully saturated rings. The molecule has 0 spiro atoms. The summed E-state index contributed by atoms with van der Waals surface area (Å²) in [5, 5.41) is 0.340. The third kappa shape index (κ3) is 1.59. The summed E-state index contributed by atoms with van der Waals surface area (Å²) in [6.45, 7) is 0.726. The lowest BCUT2D eigenvalue weighted by molar-refractivity contribution is -0.119. The van der Waals surface area contributed by atoms with Crippen molar-refractivity contribution in [2.45, 2.75) is 18.9 Å². The first-order chi connectivity index (χ1) is 8.58. The number of carbonyl (C=O) groups is 1. The van der Waals surface area contributed by atoms with Crippen LogP contribution in [0.25, 0.3) is 0 Å². The van der Waals surface area contributed by atoms with Crippen molar-refractivity contribution >= 4 is 28.9 Å². The summed E-state index contributed by atoms with van der Waals surface area (Å²) in [6.07, 6.45) is 1.66. The van der Waals surface area contributed by atoms with Gasteiger partial charge in [-0.1, -0.05) is 0 Å². The van der Waals surface area contributed by atoms with Gasteiger partial charge in [0.2, 0.25) is 0 Å². The number of amides is 1. The van der Waals surface area contributed by atoms with Gasteiger partial charge in [-0.05, 0) is 37.2 Å². The molecule has 6 heteroatoms. The molecule has 1 atom stereocenters. The topological polar surface area (TPSA) is 23.6 Å². The standard InChI is InChI=1S/C12H10F2N2OS/c13-7-4-8(14)6-9(5-7)16-11(17)10-2-1-3-15(10)12(16)18/h4-6,10H,1-3H2. The number of fused-ring (bicyclic) bond motifs is 1. The Morgan fingerprint density at radius 3 is 2.50 bits per heavy atom. The van der Waals surface area contributed by atoms with Gasteiger partial charge in [0, 0.05) is 12.6 Å². The van der Waals surface area contributed by atoms with Crippen LogP contribution in [-0.4, -0.2) is 28.5 Å². The Morgan fingerprint density at radius 1 is 1.22 bits per heavy atom. The Kier molecular flexibility index (Phi) is 2.55. The number of halogens is 2. The molecule has 2 heterocycles. The fraction of sp³-hybridized carbons (Fsp3) is 0.333. The van der Waals surface area contributed by atoms with Crippen LogP contribution in [0.15, 0.2) is 18.2 Å². The van der Waals surface area contributed by atoms with Gasteiger partial charge in [0.05, 0.1) is 5.69 Å². The van der Waals surface area contributed by atoms with Gasteiger partial charge in [-0.2, -0.15) is 0 Å². The second-order valence-corrected chi connectivity index (χ2v) is 4.80. The van der Waals surface area contributed by atoms with Crippen molar-refractivity contribution in [1.82, 2.24) is 4.90 Å². The zero-order valence-electron chi connectivity index (χ0n) is 9.40. The molecule has 1 aromatic rings. The lowest BCUT2D eigenvalue weighted by atomic mass is 10.2. The van der Waals surface area contributed by atoms with Gasteiger partial charge in [-0.25, -0.2) is 8.78 Å². The molecule has 1 amide bonds. The van der Waals surface area contributed by atoms with E-state index in [9.17, 15) is 13.6 Å². The van der Waals surface area contributed by atoms with Crippen molar-refractivity contribution < 1.29 is 13.6 Å². The van der Waals surface area contributed by atoms with Crippen LogP contribution < -0.4 is 4.90 Å². The van der Waals surface area contributed by atoms with Crippen LogP contribution in [0.2, 0.25) is 0 Å². The molecule has 3 nitrogen and oxygen atoms in total. The number of hydrogen-bond donors (Lipinski definition) is 0. The summed E-state index contributed by atoms with van der Waals surface area (Å²) >= 11 is 5.21. The molecule has 1 aromatic carbocycles. The third-order valence-corrected chi connectivity index (χ3v) is 3.72. The van der Waals surface area contributed by atoms with Crippen molar-refractivity contribution in [1.29, 1.82) is 0 Å². The maximum absolute atomic E-state index is 13.2. The molecule has 0 bridgehead atoms. The van der Waals surface area contributed by atoms with E-state index in [4.69, 9.17) is 12.2 Å². The van der Waals surface area contributed by atoms with Gasteiger partial charge < -0.3 is 4.90 Å². The normalized spacial score (nSPS) is 22.9. The minimum absolute atomic E-state index is 0.164. The fourth-order valence-electron chi connectivity index (χ4n) is 2.53. The zero-order valence-corrected chi connectivity index (χ0v) is 10.2. The lowest BCUT2D eigenvalue weighted by Gasteiger charge is -2.18. The van der Waals surface area contributed by atoms with Crippen molar-refractivity contribution in [3.8, 4) is 0 Å². The smallest absolute Gasteiger partial charge is 0.256 e. The summed E-state index contributed by atoms with van der Waals surface area (Å²) in [7, 11) is 0. The van der Waals surface area contributed by atoms with Crippen LogP contribution in [0.3, 0.4) is 0 Å². The van der Waals surface area contributed by atoms with Crippen molar-refractivity contribution in [2.75, 3.05) is 11.4 Å². The Labute approximate surface area is 108 Å². The Morgan fingerprint density at radius 2 is 1.89 bits per heavy atom. The number of hydrogen-bond acceptors (Lipinski definition) is 2. The average Bonchev–Trinajstić information content (AvgIpc) is 2.83. The number of anilines is 1. The summed E-state index contributed by atoms with van der Waals surface area (Å²) in [4.78, 5) is 15.2. The largest absolute Gasteiger partial charge is 0.336 e. The third-order valence-electron chi connectivity index (χ3n) is 3.30. The quantitative estimate of drug-likeness (QED) is 0.728. The van der Waals surface area contributed by atoms with Gasteiger partial charge in [-0.3, -0.25) is 9.69 Å². The fourth-order valence-corrected chi connectivity index (χ4v) is 2.94. The van der Waals surface area contributed by atoms with Crippen molar-refractivity contribution in [2.24, 2.45) is 0 Å². The second-order valence-electron chi connectivity index (χ2n) is 4.44. The van der Waals surface area contributed by atoms with E-state index < -0.39 is 11.6 Å². The molecule has 0 N–H and O–H groups in total. The molecule has 18 heavy (non-hydrogen) atoms. The first kappa shape index (κ1) is 11.5. The van der Waals surface area contributed by atoms with Crippen LogP contribution in [0, 0.1) is 11.6 Å². The van der Waals surface area contributed by atoms with E-state index in [0.29, 0.717) is 5.11 Å². The maximum atomic E-state index is 13.2. The van der Waals surface area contributed by atoms with E-state index in [2.05, 4.69) is 0 Å². The number of nitrogens with zero attached hydrogens (tertiary/aromatic N) is 2. The van der Waals surface area contributed by atoms with Crippen LogP contribution in [0.4, 0.5) is 14.5 Å². The molecule has 3 rings (SSSR count). The minimum atomic E-state index is -0.715. The first-order valence-electron chi connectivity index (χ1n) is 5.68. The first-order valence-corrected chi connectivity index (χ1v) is 6.09. The van der Waals surface area contributed by atoms with Gasteiger partial charge in [-0.15, -0.1) is 0 Å². The second kappa shape index (κ2) is 3.98. The van der Waals surface area contributed by atoms with Crippen molar-refractivity contribution in [3.05, 3.63) is 29.8 Å². The lowest BCUT2D eigenvalue weighted by Crippen LogP contribution is -2.32. The molecule has 0 aliphatic carbocycles. The molecule has 0 aromatic heterocycles. The van der Waals surface area contributed by atoms with Crippen LogP contribution in [0.1, 0.15) is 12.8 Å². The Bertz CT molecular complexity index is 507. The molecular formula is C12H10F2N2OS. The number of thiocarbonyl (C=S) groups is 1. The van der Waals surface area contributed by atoms with E-state index in [1.165, 1.54) is 4.90 Å². The van der Waals surface area contributed by atoms with Crippen molar-refractivity contribution in [3.63, 3.8) is 0 Å². The van der Waals surface area contributed by atoms with E-state index in [1.807, 2.05) is 4.90 Å². The van der Waals surface area contributed by atoms with Crippen LogP contribution in [-0.2, 0) is 4.79 Å². The highest BCUT2D eigenvalue weighted by Crippen LogP contribution is 2.32. The summed E-state index contributed by atoms with van der Waals surface area (Å²) in [5.41, 5.74) is 0.164. The van der Waals surface area contributed by atoms with Gasteiger partial charge in [0.25, 0.3) is 5.91 Å². The monoisotopic (exact) mass is 268 g/mol. The maximum Gasteiger partial charge on any atom is 0.256 e. The highest BCUT2D eigenvalue weighted by Gasteiger charge is 2.45. The molecule has 2 saturated heterocycles. The van der Waals surface area contributed by atoms with E-state index in [-0.39, 0.29) is 17.6 Å². The molecule has 0 radical (unpaired) electrons. The van der Waals surface area contributed by atoms with E-state index in [1.54, 1.807) is 0 Å². The van der Waals surface area contributed by atoms with E-state index >= 15 is 0 Å². The Hall–Kier alpha value is -1.56. The SMILES string of the molecule is O=C1C2CCCN2C(=S)N1c1cc(F)cc(F)c1. The van der Waals surface area contributed by atoms with Crippen LogP contribution >= 0.6 is 12.2 Å². The molecule has 2 aliphatic rings. The summed E-state index contributed by atoms with van der Waals surface area (Å²) < 4.78 is 26.4. The van der Waals surface area contributed by atoms with Crippen LogP contribution in [0.5, 0.6) is 0 Å². The highest BCUT2D eigenvalue weighted by molar-refractivity contribution is 7.80. The van der Waals surface area contributed by atoms with Gasteiger partial charge in [0.1, 0.15) is 17.7 Å². The highest BCUT2D eigenvalue weighted by atomic mass is 32.1.